The van der Waals surface area contributed by atoms with Gasteiger partial charge in [-0.25, -0.2) is 0 Å². The maximum atomic E-state index is 12.7. The molecule has 0 amide bonds. The maximum absolute atomic E-state index is 12.7. The number of benzene rings is 2. The molecule has 98 valence electrons. The molecule has 1 aliphatic carbocycles. The van der Waals surface area contributed by atoms with Gasteiger partial charge in [0.25, 0.3) is 0 Å². The normalized spacial score (nSPS) is 23.4. The van der Waals surface area contributed by atoms with E-state index in [1.807, 2.05) is 24.3 Å². The van der Waals surface area contributed by atoms with Crippen molar-refractivity contribution in [3.8, 4) is 0 Å². The van der Waals surface area contributed by atoms with Crippen molar-refractivity contribution in [1.29, 1.82) is 0 Å². The zero-order valence-corrected chi connectivity index (χ0v) is 11.4. The third-order valence-corrected chi connectivity index (χ3v) is 4.44. The minimum Gasteiger partial charge on any atom is -0.294 e. The Morgan fingerprint density at radius 3 is 2.42 bits per heavy atom. The zero-order chi connectivity index (χ0) is 13.2. The number of rotatable bonds is 2. The first kappa shape index (κ1) is 12.4. The van der Waals surface area contributed by atoms with Crippen LogP contribution in [0, 0.1) is 11.8 Å². The van der Waals surface area contributed by atoms with Crippen LogP contribution >= 0.6 is 0 Å². The molecule has 1 heteroatoms. The van der Waals surface area contributed by atoms with Crippen LogP contribution in [0.2, 0.25) is 0 Å². The second-order valence-electron chi connectivity index (χ2n) is 5.85. The van der Waals surface area contributed by atoms with Gasteiger partial charge in [0, 0.05) is 11.5 Å². The molecule has 0 unspecified atom stereocenters. The smallest absolute Gasteiger partial charge is 0.166 e. The molecule has 0 aliphatic heterocycles. The first-order valence-electron chi connectivity index (χ1n) is 7.27. The van der Waals surface area contributed by atoms with E-state index >= 15 is 0 Å². The SMILES string of the molecule is CC1CCC(C(=O)c2cccc3ccccc23)CC1. The van der Waals surface area contributed by atoms with Crippen LogP contribution in [-0.2, 0) is 0 Å². The molecule has 19 heavy (non-hydrogen) atoms. The molecule has 0 N–H and O–H groups in total. The minimum atomic E-state index is 0.238. The van der Waals surface area contributed by atoms with Gasteiger partial charge in [-0.2, -0.15) is 0 Å². The van der Waals surface area contributed by atoms with Gasteiger partial charge in [0.1, 0.15) is 0 Å². The average molecular weight is 252 g/mol. The summed E-state index contributed by atoms with van der Waals surface area (Å²) in [6.07, 6.45) is 4.51. The molecule has 0 saturated heterocycles. The predicted octanol–water partition coefficient (Wildman–Crippen LogP) is 4.85. The number of ketones is 1. The average Bonchev–Trinajstić information content (AvgIpc) is 2.47. The van der Waals surface area contributed by atoms with E-state index in [1.54, 1.807) is 0 Å². The fraction of sp³-hybridized carbons (Fsp3) is 0.389. The van der Waals surface area contributed by atoms with E-state index in [9.17, 15) is 4.79 Å². The van der Waals surface area contributed by atoms with Crippen molar-refractivity contribution >= 4 is 16.6 Å². The van der Waals surface area contributed by atoms with Crippen molar-refractivity contribution in [1.82, 2.24) is 0 Å². The summed E-state index contributed by atoms with van der Waals surface area (Å²) in [4.78, 5) is 12.7. The third-order valence-electron chi connectivity index (χ3n) is 4.44. The summed E-state index contributed by atoms with van der Waals surface area (Å²) < 4.78 is 0. The van der Waals surface area contributed by atoms with E-state index < -0.39 is 0 Å². The van der Waals surface area contributed by atoms with Crippen LogP contribution in [0.4, 0.5) is 0 Å². The maximum Gasteiger partial charge on any atom is 0.166 e. The van der Waals surface area contributed by atoms with Crippen molar-refractivity contribution in [3.05, 3.63) is 48.0 Å². The Morgan fingerprint density at radius 2 is 1.63 bits per heavy atom. The summed E-state index contributed by atoms with van der Waals surface area (Å²) in [5, 5.41) is 2.27. The van der Waals surface area contributed by atoms with Gasteiger partial charge in [-0.1, -0.05) is 62.2 Å². The Balaban J connectivity index is 1.93. The van der Waals surface area contributed by atoms with Gasteiger partial charge in [0.15, 0.2) is 5.78 Å². The number of hydrogen-bond acceptors (Lipinski definition) is 1. The standard InChI is InChI=1S/C18H20O/c1-13-9-11-15(12-10-13)18(19)17-8-4-6-14-5-2-3-7-16(14)17/h2-8,13,15H,9-12H2,1H3. The van der Waals surface area contributed by atoms with Gasteiger partial charge >= 0.3 is 0 Å². The van der Waals surface area contributed by atoms with E-state index in [2.05, 4.69) is 25.1 Å². The second-order valence-corrected chi connectivity index (χ2v) is 5.85. The van der Waals surface area contributed by atoms with Gasteiger partial charge in [0.2, 0.25) is 0 Å². The Kier molecular flexibility index (Phi) is 3.37. The third kappa shape index (κ3) is 2.42. The molecular formula is C18H20O. The quantitative estimate of drug-likeness (QED) is 0.698. The lowest BCUT2D eigenvalue weighted by molar-refractivity contribution is 0.0877. The van der Waals surface area contributed by atoms with Gasteiger partial charge in [-0.05, 0) is 29.5 Å². The summed E-state index contributed by atoms with van der Waals surface area (Å²) in [6, 6.07) is 14.3. The molecule has 3 rings (SSSR count). The molecule has 0 bridgehead atoms. The number of carbonyl (C=O) groups is 1. The molecule has 1 aliphatic rings. The molecule has 2 aromatic rings. The van der Waals surface area contributed by atoms with Gasteiger partial charge in [0.05, 0.1) is 0 Å². The number of Topliss-reactive ketones (excluding diaryl/α,β-unsaturated/α-hetero) is 1. The summed E-state index contributed by atoms with van der Waals surface area (Å²) >= 11 is 0. The lowest BCUT2D eigenvalue weighted by atomic mass is 9.79. The van der Waals surface area contributed by atoms with Gasteiger partial charge < -0.3 is 0 Å². The number of fused-ring (bicyclic) bond motifs is 1. The largest absolute Gasteiger partial charge is 0.294 e. The van der Waals surface area contributed by atoms with E-state index in [-0.39, 0.29) is 5.92 Å². The van der Waals surface area contributed by atoms with Gasteiger partial charge in [-0.15, -0.1) is 0 Å². The number of hydrogen-bond donors (Lipinski definition) is 0. The van der Waals surface area contributed by atoms with Crippen LogP contribution in [0.25, 0.3) is 10.8 Å². The topological polar surface area (TPSA) is 17.1 Å². The fourth-order valence-corrected chi connectivity index (χ4v) is 3.18. The van der Waals surface area contributed by atoms with Crippen LogP contribution in [-0.4, -0.2) is 5.78 Å². The monoisotopic (exact) mass is 252 g/mol. The van der Waals surface area contributed by atoms with Crippen molar-refractivity contribution in [2.75, 3.05) is 0 Å². The Hall–Kier alpha value is -1.63. The Morgan fingerprint density at radius 1 is 0.947 bits per heavy atom. The van der Waals surface area contributed by atoms with Crippen molar-refractivity contribution in [2.24, 2.45) is 11.8 Å². The first-order valence-corrected chi connectivity index (χ1v) is 7.27. The van der Waals surface area contributed by atoms with Crippen LogP contribution < -0.4 is 0 Å². The molecule has 0 atom stereocenters. The summed E-state index contributed by atoms with van der Waals surface area (Å²) in [6.45, 7) is 2.29. The van der Waals surface area contributed by atoms with Crippen LogP contribution in [0.5, 0.6) is 0 Å². The van der Waals surface area contributed by atoms with Crippen molar-refractivity contribution < 1.29 is 4.79 Å². The summed E-state index contributed by atoms with van der Waals surface area (Å²) in [5.74, 6) is 1.38. The minimum absolute atomic E-state index is 0.238. The summed E-state index contributed by atoms with van der Waals surface area (Å²) in [7, 11) is 0. The van der Waals surface area contributed by atoms with Crippen LogP contribution in [0.1, 0.15) is 43.0 Å². The number of carbonyl (C=O) groups excluding carboxylic acids is 1. The van der Waals surface area contributed by atoms with Crippen molar-refractivity contribution in [2.45, 2.75) is 32.6 Å². The van der Waals surface area contributed by atoms with Crippen molar-refractivity contribution in [3.63, 3.8) is 0 Å². The first-order chi connectivity index (χ1) is 9.25. The molecule has 1 saturated carbocycles. The highest BCUT2D eigenvalue weighted by Gasteiger charge is 2.25. The Labute approximate surface area is 114 Å². The highest BCUT2D eigenvalue weighted by molar-refractivity contribution is 6.09. The van der Waals surface area contributed by atoms with E-state index in [4.69, 9.17) is 0 Å². The predicted molar refractivity (Wildman–Crippen MR) is 79.4 cm³/mol. The lowest BCUT2D eigenvalue weighted by Gasteiger charge is -2.25. The fourth-order valence-electron chi connectivity index (χ4n) is 3.18. The van der Waals surface area contributed by atoms with E-state index in [0.29, 0.717) is 5.78 Å². The van der Waals surface area contributed by atoms with Gasteiger partial charge in [-0.3, -0.25) is 4.79 Å². The molecule has 0 radical (unpaired) electrons. The molecule has 1 fully saturated rings. The van der Waals surface area contributed by atoms with Crippen LogP contribution in [0.3, 0.4) is 0 Å². The molecule has 0 heterocycles. The van der Waals surface area contributed by atoms with E-state index in [0.717, 1.165) is 35.1 Å². The molecule has 2 aromatic carbocycles. The molecule has 0 spiro atoms. The highest BCUT2D eigenvalue weighted by Crippen LogP contribution is 2.32. The second kappa shape index (κ2) is 5.16. The summed E-state index contributed by atoms with van der Waals surface area (Å²) in [5.41, 5.74) is 0.914. The van der Waals surface area contributed by atoms with E-state index in [1.165, 1.54) is 12.8 Å². The lowest BCUT2D eigenvalue weighted by Crippen LogP contribution is -2.21. The van der Waals surface area contributed by atoms with Crippen LogP contribution in [0.15, 0.2) is 42.5 Å². The zero-order valence-electron chi connectivity index (χ0n) is 11.4. The highest BCUT2D eigenvalue weighted by atomic mass is 16.1. The Bertz CT molecular complexity index is 586. The molecular weight excluding hydrogens is 232 g/mol. The molecule has 1 nitrogen and oxygen atoms in total. The molecule has 0 aromatic heterocycles.